The van der Waals surface area contributed by atoms with Crippen LogP contribution in [0.5, 0.6) is 0 Å². The zero-order valence-electron chi connectivity index (χ0n) is 19.5. The molecule has 0 N–H and O–H groups in total. The normalized spacial score (nSPS) is 15.0. The lowest BCUT2D eigenvalue weighted by atomic mass is 10.1. The Bertz CT molecular complexity index is 1180. The molecule has 4 rings (SSSR count). The fourth-order valence-electron chi connectivity index (χ4n) is 4.52. The van der Waals surface area contributed by atoms with Crippen LogP contribution in [0.2, 0.25) is 0 Å². The summed E-state index contributed by atoms with van der Waals surface area (Å²) < 4.78 is 43.7. The fraction of sp³-hybridized carbons (Fsp3) is 0.480. The smallest absolute Gasteiger partial charge is 0.243 e. The lowest BCUT2D eigenvalue weighted by molar-refractivity contribution is 0.410. The SMILES string of the molecule is CCCN(CCC)S(=O)(=O)c1ccc2c(c1)c(N1CCCCC1)nn2Cc1ccc(F)cc1. The van der Waals surface area contributed by atoms with Gasteiger partial charge in [0.2, 0.25) is 10.0 Å². The summed E-state index contributed by atoms with van der Waals surface area (Å²) >= 11 is 0. The molecule has 0 bridgehead atoms. The van der Waals surface area contributed by atoms with Gasteiger partial charge < -0.3 is 4.90 Å². The van der Waals surface area contributed by atoms with Gasteiger partial charge in [0, 0.05) is 31.6 Å². The molecule has 0 unspecified atom stereocenters. The number of sulfonamides is 1. The quantitative estimate of drug-likeness (QED) is 0.439. The van der Waals surface area contributed by atoms with E-state index in [4.69, 9.17) is 5.10 Å². The van der Waals surface area contributed by atoms with Crippen molar-refractivity contribution in [3.05, 3.63) is 53.8 Å². The van der Waals surface area contributed by atoms with Crippen molar-refractivity contribution in [1.82, 2.24) is 14.1 Å². The second kappa shape index (κ2) is 10.2. The summed E-state index contributed by atoms with van der Waals surface area (Å²) in [5.74, 6) is 0.568. The Labute approximate surface area is 196 Å². The topological polar surface area (TPSA) is 58.4 Å². The third kappa shape index (κ3) is 5.06. The molecule has 0 spiro atoms. The van der Waals surface area contributed by atoms with Crippen LogP contribution < -0.4 is 4.90 Å². The molecule has 8 heteroatoms. The molecule has 1 saturated heterocycles. The predicted octanol–water partition coefficient (Wildman–Crippen LogP) is 5.02. The largest absolute Gasteiger partial charge is 0.355 e. The Kier molecular flexibility index (Phi) is 7.34. The van der Waals surface area contributed by atoms with E-state index in [0.717, 1.165) is 61.1 Å². The Morgan fingerprint density at radius 2 is 1.64 bits per heavy atom. The van der Waals surface area contributed by atoms with E-state index in [2.05, 4.69) is 4.90 Å². The number of benzene rings is 2. The van der Waals surface area contributed by atoms with Crippen LogP contribution in [0, 0.1) is 5.82 Å². The Morgan fingerprint density at radius 1 is 0.970 bits per heavy atom. The predicted molar refractivity (Wildman–Crippen MR) is 131 cm³/mol. The molecule has 2 aromatic carbocycles. The van der Waals surface area contributed by atoms with E-state index in [-0.39, 0.29) is 5.82 Å². The average molecular weight is 473 g/mol. The standard InChI is InChI=1S/C25H33FN4O2S/c1-3-14-29(15-4-2)33(31,32)22-12-13-24-23(18-22)25(28-16-6-5-7-17-28)27-30(24)19-20-8-10-21(26)11-9-20/h8-13,18H,3-7,14-17,19H2,1-2H3. The number of hydrogen-bond acceptors (Lipinski definition) is 4. The molecule has 0 atom stereocenters. The Hall–Kier alpha value is -2.45. The number of anilines is 1. The van der Waals surface area contributed by atoms with E-state index in [9.17, 15) is 12.8 Å². The van der Waals surface area contributed by atoms with Crippen molar-refractivity contribution in [2.45, 2.75) is 57.4 Å². The molecular formula is C25H33FN4O2S. The molecule has 1 fully saturated rings. The van der Waals surface area contributed by atoms with E-state index in [1.165, 1.54) is 18.6 Å². The minimum Gasteiger partial charge on any atom is -0.355 e. The maximum atomic E-state index is 13.4. The van der Waals surface area contributed by atoms with Crippen LogP contribution in [0.3, 0.4) is 0 Å². The van der Waals surface area contributed by atoms with E-state index >= 15 is 0 Å². The molecule has 6 nitrogen and oxygen atoms in total. The van der Waals surface area contributed by atoms with Crippen LogP contribution >= 0.6 is 0 Å². The summed E-state index contributed by atoms with van der Waals surface area (Å²) in [6, 6.07) is 11.8. The maximum absolute atomic E-state index is 13.4. The van der Waals surface area contributed by atoms with Gasteiger partial charge in [-0.3, -0.25) is 4.68 Å². The van der Waals surface area contributed by atoms with Crippen LogP contribution in [0.15, 0.2) is 47.4 Å². The van der Waals surface area contributed by atoms with Crippen molar-refractivity contribution in [3.8, 4) is 0 Å². The highest BCUT2D eigenvalue weighted by molar-refractivity contribution is 7.89. The van der Waals surface area contributed by atoms with Crippen molar-refractivity contribution in [3.63, 3.8) is 0 Å². The van der Waals surface area contributed by atoms with Gasteiger partial charge in [0.05, 0.1) is 17.0 Å². The summed E-state index contributed by atoms with van der Waals surface area (Å²) in [5, 5.41) is 5.77. The Balaban J connectivity index is 1.79. The summed E-state index contributed by atoms with van der Waals surface area (Å²) in [6.45, 7) is 7.34. The molecule has 1 aliphatic rings. The van der Waals surface area contributed by atoms with Crippen molar-refractivity contribution < 1.29 is 12.8 Å². The monoisotopic (exact) mass is 472 g/mol. The molecule has 3 aromatic rings. The summed E-state index contributed by atoms with van der Waals surface area (Å²) in [5.41, 5.74) is 1.83. The van der Waals surface area contributed by atoms with Crippen molar-refractivity contribution in [1.29, 1.82) is 0 Å². The third-order valence-corrected chi connectivity index (χ3v) is 8.08. The van der Waals surface area contributed by atoms with Gasteiger partial charge in [-0.05, 0) is 68.0 Å². The number of nitrogens with zero attached hydrogens (tertiary/aromatic N) is 4. The van der Waals surface area contributed by atoms with Crippen LogP contribution in [0.4, 0.5) is 10.2 Å². The van der Waals surface area contributed by atoms with Crippen LogP contribution in [0.25, 0.3) is 10.9 Å². The second-order valence-electron chi connectivity index (χ2n) is 8.74. The zero-order chi connectivity index (χ0) is 23.4. The summed E-state index contributed by atoms with van der Waals surface area (Å²) in [6.07, 6.45) is 4.95. The minimum absolute atomic E-state index is 0.267. The maximum Gasteiger partial charge on any atom is 0.243 e. The Morgan fingerprint density at radius 3 is 2.27 bits per heavy atom. The third-order valence-electron chi connectivity index (χ3n) is 6.19. The first-order valence-corrected chi connectivity index (χ1v) is 13.4. The average Bonchev–Trinajstić information content (AvgIpc) is 3.18. The molecular weight excluding hydrogens is 439 g/mol. The van der Waals surface area contributed by atoms with Gasteiger partial charge in [-0.15, -0.1) is 0 Å². The van der Waals surface area contributed by atoms with Crippen molar-refractivity contribution >= 4 is 26.7 Å². The zero-order valence-corrected chi connectivity index (χ0v) is 20.3. The fourth-order valence-corrected chi connectivity index (χ4v) is 6.18. The lowest BCUT2D eigenvalue weighted by Gasteiger charge is -2.27. The number of piperidine rings is 1. The highest BCUT2D eigenvalue weighted by atomic mass is 32.2. The number of rotatable bonds is 9. The molecule has 1 aliphatic heterocycles. The molecule has 0 saturated carbocycles. The molecule has 0 radical (unpaired) electrons. The van der Waals surface area contributed by atoms with E-state index in [1.807, 2.05) is 24.6 Å². The van der Waals surface area contributed by atoms with Crippen LogP contribution in [0.1, 0.15) is 51.5 Å². The van der Waals surface area contributed by atoms with Gasteiger partial charge in [-0.2, -0.15) is 9.40 Å². The van der Waals surface area contributed by atoms with Crippen LogP contribution in [-0.4, -0.2) is 48.7 Å². The van der Waals surface area contributed by atoms with Gasteiger partial charge in [-0.1, -0.05) is 26.0 Å². The molecule has 33 heavy (non-hydrogen) atoms. The van der Waals surface area contributed by atoms with E-state index in [1.54, 1.807) is 28.6 Å². The first kappa shape index (κ1) is 23.7. The van der Waals surface area contributed by atoms with Crippen LogP contribution in [-0.2, 0) is 16.6 Å². The summed E-state index contributed by atoms with van der Waals surface area (Å²) in [4.78, 5) is 2.58. The molecule has 2 heterocycles. The van der Waals surface area contributed by atoms with Gasteiger partial charge in [0.1, 0.15) is 5.82 Å². The second-order valence-corrected chi connectivity index (χ2v) is 10.7. The van der Waals surface area contributed by atoms with Crippen molar-refractivity contribution in [2.24, 2.45) is 0 Å². The van der Waals surface area contributed by atoms with Gasteiger partial charge in [-0.25, -0.2) is 12.8 Å². The summed E-state index contributed by atoms with van der Waals surface area (Å²) in [7, 11) is -3.58. The molecule has 0 amide bonds. The highest BCUT2D eigenvalue weighted by Gasteiger charge is 2.26. The number of halogens is 1. The molecule has 1 aromatic heterocycles. The first-order valence-electron chi connectivity index (χ1n) is 11.9. The first-order chi connectivity index (χ1) is 15.9. The number of hydrogen-bond donors (Lipinski definition) is 0. The van der Waals surface area contributed by atoms with Gasteiger partial charge in [0.25, 0.3) is 0 Å². The van der Waals surface area contributed by atoms with Gasteiger partial charge >= 0.3 is 0 Å². The minimum atomic E-state index is -3.58. The molecule has 178 valence electrons. The number of aromatic nitrogens is 2. The highest BCUT2D eigenvalue weighted by Crippen LogP contribution is 2.32. The van der Waals surface area contributed by atoms with Gasteiger partial charge in [0.15, 0.2) is 5.82 Å². The van der Waals surface area contributed by atoms with E-state index in [0.29, 0.717) is 24.5 Å². The number of fused-ring (bicyclic) bond motifs is 1. The van der Waals surface area contributed by atoms with Crippen molar-refractivity contribution in [2.75, 3.05) is 31.1 Å². The molecule has 0 aliphatic carbocycles. The van der Waals surface area contributed by atoms with E-state index < -0.39 is 10.0 Å². The lowest BCUT2D eigenvalue weighted by Crippen LogP contribution is -2.32.